The van der Waals surface area contributed by atoms with Crippen LogP contribution >= 0.6 is 12.2 Å². The Morgan fingerprint density at radius 2 is 2.50 bits per heavy atom. The van der Waals surface area contributed by atoms with Crippen LogP contribution in [0, 0.1) is 0 Å². The molecule has 1 fully saturated rings. The Bertz CT molecular complexity index is 428. The van der Waals surface area contributed by atoms with Crippen molar-refractivity contribution in [2.24, 2.45) is 5.73 Å². The number of methoxy groups -OCH3 is 1. The van der Waals surface area contributed by atoms with E-state index >= 15 is 0 Å². The number of nitrogens with zero attached hydrogens (tertiary/aromatic N) is 2. The molecule has 0 bridgehead atoms. The van der Waals surface area contributed by atoms with Crippen molar-refractivity contribution in [3.05, 3.63) is 23.9 Å². The largest absolute Gasteiger partial charge is 0.481 e. The molecule has 1 unspecified atom stereocenters. The van der Waals surface area contributed by atoms with E-state index in [4.69, 9.17) is 27.4 Å². The molecule has 6 heteroatoms. The van der Waals surface area contributed by atoms with E-state index in [-0.39, 0.29) is 6.10 Å². The van der Waals surface area contributed by atoms with Gasteiger partial charge in [-0.15, -0.1) is 0 Å². The van der Waals surface area contributed by atoms with Crippen LogP contribution in [0.3, 0.4) is 0 Å². The van der Waals surface area contributed by atoms with E-state index in [1.807, 2.05) is 18.2 Å². The van der Waals surface area contributed by atoms with Crippen molar-refractivity contribution in [3.63, 3.8) is 0 Å². The average molecular weight is 267 g/mol. The van der Waals surface area contributed by atoms with Gasteiger partial charge < -0.3 is 15.2 Å². The lowest BCUT2D eigenvalue weighted by Gasteiger charge is -2.32. The van der Waals surface area contributed by atoms with Gasteiger partial charge in [-0.05, 0) is 6.07 Å². The number of thiocarbonyl (C=S) groups is 1. The second-order valence-corrected chi connectivity index (χ2v) is 4.64. The molecule has 5 nitrogen and oxygen atoms in total. The lowest BCUT2D eigenvalue weighted by molar-refractivity contribution is 0.00342. The minimum Gasteiger partial charge on any atom is -0.481 e. The molecule has 0 spiro atoms. The Labute approximate surface area is 112 Å². The maximum atomic E-state index is 5.61. The SMILES string of the molecule is COc1cccc(CN2CCOC(C(N)=S)C2)n1. The molecule has 1 aromatic rings. The van der Waals surface area contributed by atoms with Gasteiger partial charge in [-0.1, -0.05) is 18.3 Å². The summed E-state index contributed by atoms with van der Waals surface area (Å²) in [6.07, 6.45) is -0.153. The molecule has 2 heterocycles. The molecular weight excluding hydrogens is 250 g/mol. The summed E-state index contributed by atoms with van der Waals surface area (Å²) in [6.45, 7) is 2.97. The molecule has 1 aromatic heterocycles. The van der Waals surface area contributed by atoms with E-state index in [1.165, 1.54) is 0 Å². The lowest BCUT2D eigenvalue weighted by Crippen LogP contribution is -2.47. The number of morpholine rings is 1. The van der Waals surface area contributed by atoms with E-state index in [2.05, 4.69) is 9.88 Å². The summed E-state index contributed by atoms with van der Waals surface area (Å²) in [5.74, 6) is 0.631. The third-order valence-electron chi connectivity index (χ3n) is 2.84. The van der Waals surface area contributed by atoms with Crippen LogP contribution in [0.25, 0.3) is 0 Å². The monoisotopic (exact) mass is 267 g/mol. The summed E-state index contributed by atoms with van der Waals surface area (Å²) >= 11 is 4.96. The number of ether oxygens (including phenoxy) is 2. The van der Waals surface area contributed by atoms with Crippen LogP contribution in [0.4, 0.5) is 0 Å². The summed E-state index contributed by atoms with van der Waals surface area (Å²) < 4.78 is 10.6. The summed E-state index contributed by atoms with van der Waals surface area (Å²) in [4.78, 5) is 7.03. The van der Waals surface area contributed by atoms with Crippen LogP contribution in [0.15, 0.2) is 18.2 Å². The van der Waals surface area contributed by atoms with Gasteiger partial charge in [0.05, 0.1) is 19.4 Å². The number of hydrogen-bond donors (Lipinski definition) is 1. The van der Waals surface area contributed by atoms with Crippen LogP contribution in [0.5, 0.6) is 5.88 Å². The zero-order valence-electron chi connectivity index (χ0n) is 10.3. The van der Waals surface area contributed by atoms with E-state index < -0.39 is 0 Å². The van der Waals surface area contributed by atoms with Gasteiger partial charge >= 0.3 is 0 Å². The molecule has 0 aliphatic carbocycles. The maximum Gasteiger partial charge on any atom is 0.213 e. The van der Waals surface area contributed by atoms with Crippen LogP contribution in [0.1, 0.15) is 5.69 Å². The molecule has 0 aromatic carbocycles. The van der Waals surface area contributed by atoms with Crippen molar-refractivity contribution < 1.29 is 9.47 Å². The molecule has 2 rings (SSSR count). The number of rotatable bonds is 4. The van der Waals surface area contributed by atoms with Gasteiger partial charge in [-0.25, -0.2) is 4.98 Å². The fraction of sp³-hybridized carbons (Fsp3) is 0.500. The fourth-order valence-corrected chi connectivity index (χ4v) is 2.05. The molecule has 98 valence electrons. The average Bonchev–Trinajstić information content (AvgIpc) is 2.39. The van der Waals surface area contributed by atoms with Crippen LogP contribution < -0.4 is 10.5 Å². The Morgan fingerprint density at radius 1 is 1.67 bits per heavy atom. The predicted molar refractivity (Wildman–Crippen MR) is 72.6 cm³/mol. The highest BCUT2D eigenvalue weighted by Crippen LogP contribution is 2.12. The third-order valence-corrected chi connectivity index (χ3v) is 3.11. The number of pyridine rings is 1. The predicted octanol–water partition coefficient (Wildman–Crippen LogP) is 0.577. The van der Waals surface area contributed by atoms with Crippen molar-refractivity contribution in [3.8, 4) is 5.88 Å². The Balaban J connectivity index is 1.97. The van der Waals surface area contributed by atoms with Gasteiger partial charge in [-0.2, -0.15) is 0 Å². The molecule has 0 amide bonds. The van der Waals surface area contributed by atoms with Crippen LogP contribution in [0.2, 0.25) is 0 Å². The molecule has 1 atom stereocenters. The first-order chi connectivity index (χ1) is 8.69. The highest BCUT2D eigenvalue weighted by Gasteiger charge is 2.22. The molecule has 2 N–H and O–H groups in total. The molecular formula is C12H17N3O2S. The van der Waals surface area contributed by atoms with E-state index in [0.29, 0.717) is 24.0 Å². The summed E-state index contributed by atoms with van der Waals surface area (Å²) in [6, 6.07) is 5.75. The topological polar surface area (TPSA) is 60.6 Å². The van der Waals surface area contributed by atoms with Gasteiger partial charge in [0.25, 0.3) is 0 Å². The standard InChI is InChI=1S/C12H17N3O2S/c1-16-11-4-2-3-9(14-11)7-15-5-6-17-10(8-15)12(13)18/h2-4,10H,5-8H2,1H3,(H2,13,18). The molecule has 1 aliphatic rings. The number of nitrogens with two attached hydrogens (primary N) is 1. The maximum absolute atomic E-state index is 5.61. The number of hydrogen-bond acceptors (Lipinski definition) is 5. The van der Waals surface area contributed by atoms with Crippen molar-refractivity contribution in [1.29, 1.82) is 0 Å². The number of aromatic nitrogens is 1. The van der Waals surface area contributed by atoms with E-state index in [1.54, 1.807) is 7.11 Å². The van der Waals surface area contributed by atoms with Gasteiger partial charge in [0, 0.05) is 25.7 Å². The van der Waals surface area contributed by atoms with Crippen molar-refractivity contribution in [2.75, 3.05) is 26.8 Å². The zero-order valence-corrected chi connectivity index (χ0v) is 11.2. The Morgan fingerprint density at radius 3 is 3.22 bits per heavy atom. The van der Waals surface area contributed by atoms with Crippen LogP contribution in [-0.2, 0) is 11.3 Å². The first-order valence-corrected chi connectivity index (χ1v) is 6.23. The highest BCUT2D eigenvalue weighted by molar-refractivity contribution is 7.80. The van der Waals surface area contributed by atoms with Crippen LogP contribution in [-0.4, -0.2) is 47.8 Å². The zero-order chi connectivity index (χ0) is 13.0. The Hall–Kier alpha value is -1.24. The minimum atomic E-state index is -0.153. The van der Waals surface area contributed by atoms with Crippen molar-refractivity contribution in [1.82, 2.24) is 9.88 Å². The second-order valence-electron chi connectivity index (χ2n) is 4.17. The Kier molecular flexibility index (Phi) is 4.46. The summed E-state index contributed by atoms with van der Waals surface area (Å²) in [5, 5.41) is 0. The van der Waals surface area contributed by atoms with Gasteiger partial charge in [0.15, 0.2) is 0 Å². The van der Waals surface area contributed by atoms with E-state index in [9.17, 15) is 0 Å². The first-order valence-electron chi connectivity index (χ1n) is 5.82. The molecule has 1 saturated heterocycles. The third kappa shape index (κ3) is 3.38. The molecule has 0 radical (unpaired) electrons. The highest BCUT2D eigenvalue weighted by atomic mass is 32.1. The normalized spacial score (nSPS) is 20.6. The van der Waals surface area contributed by atoms with Gasteiger partial charge in [0.1, 0.15) is 11.1 Å². The summed E-state index contributed by atoms with van der Waals surface area (Å²) in [5.41, 5.74) is 6.58. The molecule has 18 heavy (non-hydrogen) atoms. The fourth-order valence-electron chi connectivity index (χ4n) is 1.91. The second kappa shape index (κ2) is 6.08. The van der Waals surface area contributed by atoms with Gasteiger partial charge in [0.2, 0.25) is 5.88 Å². The smallest absolute Gasteiger partial charge is 0.213 e. The van der Waals surface area contributed by atoms with Gasteiger partial charge in [-0.3, -0.25) is 4.90 Å². The first kappa shape index (κ1) is 13.2. The van der Waals surface area contributed by atoms with Crippen molar-refractivity contribution in [2.45, 2.75) is 12.6 Å². The quantitative estimate of drug-likeness (QED) is 0.805. The minimum absolute atomic E-state index is 0.153. The molecule has 0 saturated carbocycles. The summed E-state index contributed by atoms with van der Waals surface area (Å²) in [7, 11) is 1.61. The van der Waals surface area contributed by atoms with E-state index in [0.717, 1.165) is 18.8 Å². The van der Waals surface area contributed by atoms with Crippen molar-refractivity contribution >= 4 is 17.2 Å². The molecule has 1 aliphatic heterocycles. The lowest BCUT2D eigenvalue weighted by atomic mass is 10.2.